The summed E-state index contributed by atoms with van der Waals surface area (Å²) in [5, 5.41) is 0. The van der Waals surface area contributed by atoms with Crippen LogP contribution in [0.3, 0.4) is 0 Å². The van der Waals surface area contributed by atoms with Gasteiger partial charge in [0.25, 0.3) is 0 Å². The summed E-state index contributed by atoms with van der Waals surface area (Å²) in [5.74, 6) is 1.80. The van der Waals surface area contributed by atoms with Gasteiger partial charge in [0.15, 0.2) is 11.6 Å². The Kier molecular flexibility index (Phi) is 3.97. The van der Waals surface area contributed by atoms with E-state index in [1.54, 1.807) is 6.20 Å². The van der Waals surface area contributed by atoms with E-state index in [0.29, 0.717) is 19.5 Å². The first-order valence-corrected chi connectivity index (χ1v) is 9.47. The summed E-state index contributed by atoms with van der Waals surface area (Å²) in [7, 11) is 2.01. The van der Waals surface area contributed by atoms with Crippen molar-refractivity contribution in [1.29, 1.82) is 0 Å². The molecule has 1 saturated heterocycles. The fraction of sp³-hybridized carbons (Fsp3) is 0.227. The largest absolute Gasteiger partial charge is 0.336 e. The molecule has 0 radical (unpaired) electrons. The van der Waals surface area contributed by atoms with Gasteiger partial charge in [-0.2, -0.15) is 0 Å². The molecule has 1 aliphatic heterocycles. The smallest absolute Gasteiger partial charge is 0.225 e. The van der Waals surface area contributed by atoms with Gasteiger partial charge in [0, 0.05) is 39.0 Å². The second-order valence-electron chi connectivity index (χ2n) is 7.26. The van der Waals surface area contributed by atoms with E-state index in [1.165, 1.54) is 0 Å². The number of aryl methyl sites for hydroxylation is 1. The van der Waals surface area contributed by atoms with Crippen LogP contribution in [-0.4, -0.2) is 36.5 Å². The number of nitrogens with zero attached hydrogens (tertiary/aromatic N) is 5. The molecule has 0 spiro atoms. The van der Waals surface area contributed by atoms with Crippen molar-refractivity contribution >= 4 is 16.9 Å². The quantitative estimate of drug-likeness (QED) is 0.552. The Morgan fingerprint density at radius 2 is 1.82 bits per heavy atom. The third-order valence-electron chi connectivity index (χ3n) is 5.46. The molecule has 1 aliphatic rings. The van der Waals surface area contributed by atoms with Crippen molar-refractivity contribution in [3.63, 3.8) is 0 Å². The van der Waals surface area contributed by atoms with Gasteiger partial charge < -0.3 is 14.0 Å². The van der Waals surface area contributed by atoms with Crippen molar-refractivity contribution in [3.8, 4) is 11.6 Å². The normalized spacial score (nSPS) is 17.0. The Morgan fingerprint density at radius 3 is 2.64 bits per heavy atom. The Morgan fingerprint density at radius 1 is 1.04 bits per heavy atom. The third kappa shape index (κ3) is 2.78. The number of hydrogen-bond acceptors (Lipinski definition) is 3. The van der Waals surface area contributed by atoms with Crippen molar-refractivity contribution < 1.29 is 4.79 Å². The highest BCUT2D eigenvalue weighted by Gasteiger charge is 2.32. The van der Waals surface area contributed by atoms with Crippen LogP contribution in [0.15, 0.2) is 67.0 Å². The van der Waals surface area contributed by atoms with Gasteiger partial charge in [0.2, 0.25) is 5.91 Å². The van der Waals surface area contributed by atoms with Crippen molar-refractivity contribution in [1.82, 2.24) is 24.0 Å². The number of likely N-dealkylation sites (tertiary alicyclic amines) is 1. The first kappa shape index (κ1) is 16.7. The summed E-state index contributed by atoms with van der Waals surface area (Å²) in [5.41, 5.74) is 3.17. The van der Waals surface area contributed by atoms with Crippen molar-refractivity contribution in [2.45, 2.75) is 19.0 Å². The highest BCUT2D eigenvalue weighted by molar-refractivity contribution is 5.80. The van der Waals surface area contributed by atoms with Crippen LogP contribution < -0.4 is 0 Å². The fourth-order valence-electron chi connectivity index (χ4n) is 4.02. The van der Waals surface area contributed by atoms with E-state index in [2.05, 4.69) is 32.3 Å². The number of imidazole rings is 2. The lowest BCUT2D eigenvalue weighted by atomic mass is 10.2. The lowest BCUT2D eigenvalue weighted by Gasteiger charge is -2.18. The number of aromatic nitrogens is 4. The lowest BCUT2D eigenvalue weighted by molar-refractivity contribution is -0.128. The van der Waals surface area contributed by atoms with Gasteiger partial charge in [-0.3, -0.25) is 4.79 Å². The van der Waals surface area contributed by atoms with Crippen molar-refractivity contribution in [3.05, 3.63) is 72.6 Å². The number of carbonyl (C=O) groups is 1. The molecule has 6 heteroatoms. The van der Waals surface area contributed by atoms with E-state index in [4.69, 9.17) is 4.98 Å². The number of fused-ring (bicyclic) bond motifs is 1. The molecule has 1 fully saturated rings. The Bertz CT molecular complexity index is 1140. The average Bonchev–Trinajstić information content (AvgIpc) is 3.41. The minimum absolute atomic E-state index is 0.0634. The molecular weight excluding hydrogens is 350 g/mol. The zero-order valence-corrected chi connectivity index (χ0v) is 15.7. The SMILES string of the molecule is Cn1c(-c2nccn2C2CC(=O)N(Cc3ccccc3)C2)nc2ccccc21. The first-order valence-electron chi connectivity index (χ1n) is 9.47. The summed E-state index contributed by atoms with van der Waals surface area (Å²) in [4.78, 5) is 23.9. The number of hydrogen-bond donors (Lipinski definition) is 0. The fourth-order valence-corrected chi connectivity index (χ4v) is 4.02. The Hall–Kier alpha value is -3.41. The molecule has 0 aliphatic carbocycles. The second-order valence-corrected chi connectivity index (χ2v) is 7.26. The number of benzene rings is 2. The van der Waals surface area contributed by atoms with Gasteiger partial charge in [-0.15, -0.1) is 0 Å². The van der Waals surface area contributed by atoms with Crippen molar-refractivity contribution in [2.24, 2.45) is 7.05 Å². The van der Waals surface area contributed by atoms with E-state index in [9.17, 15) is 4.79 Å². The zero-order valence-electron chi connectivity index (χ0n) is 15.7. The van der Waals surface area contributed by atoms with E-state index in [1.807, 2.05) is 54.5 Å². The molecule has 140 valence electrons. The topological polar surface area (TPSA) is 56.0 Å². The molecule has 0 saturated carbocycles. The summed E-state index contributed by atoms with van der Waals surface area (Å²) < 4.78 is 4.16. The van der Waals surface area contributed by atoms with Crippen LogP contribution in [0.1, 0.15) is 18.0 Å². The van der Waals surface area contributed by atoms with Crippen LogP contribution in [0, 0.1) is 0 Å². The first-order chi connectivity index (χ1) is 13.7. The maximum absolute atomic E-state index is 12.6. The van der Waals surface area contributed by atoms with Gasteiger partial charge in [-0.05, 0) is 17.7 Å². The summed E-state index contributed by atoms with van der Waals surface area (Å²) in [6.45, 7) is 1.33. The van der Waals surface area contributed by atoms with Gasteiger partial charge in [-0.25, -0.2) is 9.97 Å². The van der Waals surface area contributed by atoms with Crippen LogP contribution in [0.5, 0.6) is 0 Å². The highest BCUT2D eigenvalue weighted by Crippen LogP contribution is 2.30. The molecule has 5 rings (SSSR count). The predicted molar refractivity (Wildman–Crippen MR) is 107 cm³/mol. The summed E-state index contributed by atoms with van der Waals surface area (Å²) in [6.07, 6.45) is 4.23. The van der Waals surface area contributed by atoms with E-state index in [0.717, 1.165) is 28.2 Å². The molecule has 2 aromatic heterocycles. The molecule has 6 nitrogen and oxygen atoms in total. The summed E-state index contributed by atoms with van der Waals surface area (Å²) >= 11 is 0. The molecule has 1 amide bonds. The molecule has 1 unspecified atom stereocenters. The maximum atomic E-state index is 12.6. The van der Waals surface area contributed by atoms with Gasteiger partial charge in [-0.1, -0.05) is 42.5 Å². The van der Waals surface area contributed by atoms with Gasteiger partial charge in [0.05, 0.1) is 17.1 Å². The van der Waals surface area contributed by atoms with Crippen LogP contribution >= 0.6 is 0 Å². The van der Waals surface area contributed by atoms with Crippen molar-refractivity contribution in [2.75, 3.05) is 6.54 Å². The van der Waals surface area contributed by atoms with E-state index < -0.39 is 0 Å². The second kappa shape index (κ2) is 6.64. The minimum atomic E-state index is 0.0634. The molecule has 0 bridgehead atoms. The van der Waals surface area contributed by atoms with Crippen LogP contribution in [-0.2, 0) is 18.4 Å². The number of carbonyl (C=O) groups excluding carboxylic acids is 1. The van der Waals surface area contributed by atoms with Crippen LogP contribution in [0.25, 0.3) is 22.7 Å². The molecule has 4 aromatic rings. The number of amides is 1. The minimum Gasteiger partial charge on any atom is -0.336 e. The van der Waals surface area contributed by atoms with E-state index >= 15 is 0 Å². The zero-order chi connectivity index (χ0) is 19.1. The van der Waals surface area contributed by atoms with Crippen LogP contribution in [0.4, 0.5) is 0 Å². The summed E-state index contributed by atoms with van der Waals surface area (Å²) in [6, 6.07) is 18.2. The maximum Gasteiger partial charge on any atom is 0.225 e. The number of rotatable bonds is 4. The average molecular weight is 371 g/mol. The molecule has 0 N–H and O–H groups in total. The molecule has 1 atom stereocenters. The number of para-hydroxylation sites is 2. The van der Waals surface area contributed by atoms with E-state index in [-0.39, 0.29) is 11.9 Å². The lowest BCUT2D eigenvalue weighted by Crippen LogP contribution is -2.25. The molecule has 28 heavy (non-hydrogen) atoms. The Balaban J connectivity index is 1.45. The third-order valence-corrected chi connectivity index (χ3v) is 5.46. The van der Waals surface area contributed by atoms with Gasteiger partial charge in [0.1, 0.15) is 0 Å². The molecular formula is C22H21N5O. The standard InChI is InChI=1S/C22H21N5O/c1-25-19-10-6-5-9-18(19)24-22(25)21-23-11-12-27(21)17-13-20(28)26(15-17)14-16-7-3-2-4-8-16/h2-12,17H,13-15H2,1H3. The Labute approximate surface area is 163 Å². The molecule has 3 heterocycles. The monoisotopic (exact) mass is 371 g/mol. The predicted octanol–water partition coefficient (Wildman–Crippen LogP) is 3.41. The highest BCUT2D eigenvalue weighted by atomic mass is 16.2. The van der Waals surface area contributed by atoms with Gasteiger partial charge >= 0.3 is 0 Å². The van der Waals surface area contributed by atoms with Crippen LogP contribution in [0.2, 0.25) is 0 Å². The molecule has 2 aromatic carbocycles.